The molecule has 0 spiro atoms. The van der Waals surface area contributed by atoms with Gasteiger partial charge in [-0.15, -0.1) is 11.3 Å². The minimum Gasteiger partial charge on any atom is -0.298 e. The van der Waals surface area contributed by atoms with Crippen molar-refractivity contribution < 1.29 is 4.79 Å². The van der Waals surface area contributed by atoms with Crippen LogP contribution in [0.2, 0.25) is 0 Å². The number of rotatable bonds is 3. The fraction of sp³-hybridized carbons (Fsp3) is 0.111. The Labute approximate surface area is 79.3 Å². The highest BCUT2D eigenvalue weighted by Crippen LogP contribution is 2.19. The Hall–Kier alpha value is -1.42. The largest absolute Gasteiger partial charge is 0.298 e. The van der Waals surface area contributed by atoms with Crippen LogP contribution in [0, 0.1) is 0 Å². The SMILES string of the molecule is C=C(C=O)Cc1cn2cncc2s1. The lowest BCUT2D eigenvalue weighted by Gasteiger charge is -1.90. The Kier molecular flexibility index (Phi) is 1.98. The van der Waals surface area contributed by atoms with Gasteiger partial charge in [-0.1, -0.05) is 6.58 Å². The van der Waals surface area contributed by atoms with Gasteiger partial charge in [-0.05, 0) is 5.57 Å². The fourth-order valence-electron chi connectivity index (χ4n) is 1.13. The van der Waals surface area contributed by atoms with Crippen molar-refractivity contribution in [1.29, 1.82) is 0 Å². The predicted octanol–water partition coefficient (Wildman–Crippen LogP) is 1.69. The van der Waals surface area contributed by atoms with E-state index in [0.29, 0.717) is 12.0 Å². The van der Waals surface area contributed by atoms with Gasteiger partial charge in [-0.3, -0.25) is 9.20 Å². The molecular weight excluding hydrogens is 184 g/mol. The highest BCUT2D eigenvalue weighted by molar-refractivity contribution is 7.17. The van der Waals surface area contributed by atoms with Crippen molar-refractivity contribution in [3.05, 3.63) is 35.8 Å². The topological polar surface area (TPSA) is 34.4 Å². The van der Waals surface area contributed by atoms with E-state index in [2.05, 4.69) is 11.6 Å². The molecule has 0 amide bonds. The molecule has 0 bridgehead atoms. The van der Waals surface area contributed by atoms with Gasteiger partial charge in [0.15, 0.2) is 0 Å². The molecule has 3 nitrogen and oxygen atoms in total. The van der Waals surface area contributed by atoms with Crippen molar-refractivity contribution in [3.63, 3.8) is 0 Å². The molecule has 0 aliphatic carbocycles. The van der Waals surface area contributed by atoms with Crippen molar-refractivity contribution in [1.82, 2.24) is 9.38 Å². The van der Waals surface area contributed by atoms with Gasteiger partial charge in [0, 0.05) is 17.5 Å². The van der Waals surface area contributed by atoms with Crippen LogP contribution < -0.4 is 0 Å². The average Bonchev–Trinajstić information content (AvgIpc) is 2.63. The van der Waals surface area contributed by atoms with Crippen molar-refractivity contribution in [2.45, 2.75) is 6.42 Å². The zero-order valence-electron chi connectivity index (χ0n) is 6.93. The minimum absolute atomic E-state index is 0.609. The quantitative estimate of drug-likeness (QED) is 0.548. The molecule has 0 aliphatic heterocycles. The Morgan fingerprint density at radius 1 is 1.77 bits per heavy atom. The van der Waals surface area contributed by atoms with Gasteiger partial charge in [-0.25, -0.2) is 4.98 Å². The summed E-state index contributed by atoms with van der Waals surface area (Å²) < 4.78 is 1.94. The van der Waals surface area contributed by atoms with Gasteiger partial charge < -0.3 is 0 Å². The first-order valence-corrected chi connectivity index (χ1v) is 4.64. The first-order valence-electron chi connectivity index (χ1n) is 3.83. The molecule has 2 aromatic rings. The summed E-state index contributed by atoms with van der Waals surface area (Å²) in [5.41, 5.74) is 0.609. The number of hydrogen-bond acceptors (Lipinski definition) is 3. The molecule has 0 atom stereocenters. The van der Waals surface area contributed by atoms with E-state index in [9.17, 15) is 4.79 Å². The predicted molar refractivity (Wildman–Crippen MR) is 52.0 cm³/mol. The number of nitrogens with zero attached hydrogens (tertiary/aromatic N) is 2. The monoisotopic (exact) mass is 192 g/mol. The number of hydrogen-bond donors (Lipinski definition) is 0. The van der Waals surface area contributed by atoms with Crippen LogP contribution in [0.15, 0.2) is 30.9 Å². The van der Waals surface area contributed by atoms with E-state index in [0.717, 1.165) is 16.0 Å². The van der Waals surface area contributed by atoms with E-state index in [1.807, 2.05) is 10.6 Å². The normalized spacial score (nSPS) is 10.5. The summed E-state index contributed by atoms with van der Waals surface area (Å²) >= 11 is 1.63. The summed E-state index contributed by atoms with van der Waals surface area (Å²) in [6.07, 6.45) is 6.96. The van der Waals surface area contributed by atoms with Crippen LogP contribution >= 0.6 is 11.3 Å². The van der Waals surface area contributed by atoms with Crippen molar-refractivity contribution in [2.24, 2.45) is 0 Å². The number of fused-ring (bicyclic) bond motifs is 1. The standard InChI is InChI=1S/C9H8N2OS/c1-7(5-12)2-8-4-11-6-10-3-9(11)13-8/h3-6H,1-2H2. The van der Waals surface area contributed by atoms with Gasteiger partial charge in [0.25, 0.3) is 0 Å². The Bertz CT molecular complexity index is 426. The number of aldehydes is 1. The van der Waals surface area contributed by atoms with Crippen LogP contribution in [-0.2, 0) is 11.2 Å². The van der Waals surface area contributed by atoms with Crippen molar-refractivity contribution in [2.75, 3.05) is 0 Å². The zero-order valence-corrected chi connectivity index (χ0v) is 7.75. The lowest BCUT2D eigenvalue weighted by atomic mass is 10.2. The molecule has 13 heavy (non-hydrogen) atoms. The summed E-state index contributed by atoms with van der Waals surface area (Å²) in [6.45, 7) is 3.64. The van der Waals surface area contributed by atoms with Gasteiger partial charge in [0.05, 0.1) is 12.5 Å². The molecular formula is C9H8N2OS. The molecule has 0 saturated heterocycles. The van der Waals surface area contributed by atoms with Crippen LogP contribution in [0.25, 0.3) is 4.83 Å². The molecule has 0 unspecified atom stereocenters. The summed E-state index contributed by atoms with van der Waals surface area (Å²) in [6, 6.07) is 0. The van der Waals surface area contributed by atoms with Gasteiger partial charge in [0.2, 0.25) is 0 Å². The maximum Gasteiger partial charge on any atom is 0.145 e. The number of carbonyl (C=O) groups is 1. The van der Waals surface area contributed by atoms with Crippen LogP contribution in [0.5, 0.6) is 0 Å². The van der Waals surface area contributed by atoms with E-state index in [1.54, 1.807) is 23.9 Å². The number of imidazole rings is 1. The van der Waals surface area contributed by atoms with Crippen LogP contribution in [-0.4, -0.2) is 15.7 Å². The Morgan fingerprint density at radius 2 is 2.62 bits per heavy atom. The summed E-state index contributed by atoms with van der Waals surface area (Å²) in [4.78, 5) is 16.6. The number of thiazole rings is 1. The number of aromatic nitrogens is 2. The highest BCUT2D eigenvalue weighted by atomic mass is 32.1. The molecule has 2 aromatic heterocycles. The molecule has 0 radical (unpaired) electrons. The first kappa shape index (κ1) is 8.19. The first-order chi connectivity index (χ1) is 6.29. The Balaban J connectivity index is 2.29. The lowest BCUT2D eigenvalue weighted by Crippen LogP contribution is -1.86. The minimum atomic E-state index is 0.609. The van der Waals surface area contributed by atoms with Gasteiger partial charge >= 0.3 is 0 Å². The fourth-order valence-corrected chi connectivity index (χ4v) is 2.14. The van der Waals surface area contributed by atoms with Crippen molar-refractivity contribution >= 4 is 22.5 Å². The summed E-state index contributed by atoms with van der Waals surface area (Å²) in [5, 5.41) is 0. The lowest BCUT2D eigenvalue weighted by molar-refractivity contribution is -0.104. The van der Waals surface area contributed by atoms with Crippen LogP contribution in [0.3, 0.4) is 0 Å². The van der Waals surface area contributed by atoms with Crippen LogP contribution in [0.4, 0.5) is 0 Å². The zero-order chi connectivity index (χ0) is 9.26. The molecule has 0 N–H and O–H groups in total. The Morgan fingerprint density at radius 3 is 3.31 bits per heavy atom. The molecule has 0 aromatic carbocycles. The summed E-state index contributed by atoms with van der Waals surface area (Å²) in [7, 11) is 0. The van der Waals surface area contributed by atoms with Crippen LogP contribution in [0.1, 0.15) is 4.88 Å². The van der Waals surface area contributed by atoms with Gasteiger partial charge in [-0.2, -0.15) is 0 Å². The highest BCUT2D eigenvalue weighted by Gasteiger charge is 2.02. The maximum absolute atomic E-state index is 10.3. The molecule has 0 saturated carbocycles. The third-order valence-corrected chi connectivity index (χ3v) is 2.75. The van der Waals surface area contributed by atoms with E-state index in [4.69, 9.17) is 0 Å². The maximum atomic E-state index is 10.3. The molecule has 66 valence electrons. The van der Waals surface area contributed by atoms with E-state index < -0.39 is 0 Å². The second-order valence-electron chi connectivity index (χ2n) is 2.79. The molecule has 0 aliphatic rings. The molecule has 2 rings (SSSR count). The molecule has 4 heteroatoms. The number of allylic oxidation sites excluding steroid dienone is 1. The van der Waals surface area contributed by atoms with E-state index in [-0.39, 0.29) is 0 Å². The smallest absolute Gasteiger partial charge is 0.145 e. The van der Waals surface area contributed by atoms with E-state index in [1.165, 1.54) is 0 Å². The molecule has 2 heterocycles. The second-order valence-corrected chi connectivity index (χ2v) is 3.94. The van der Waals surface area contributed by atoms with Gasteiger partial charge in [0.1, 0.15) is 11.1 Å². The second kappa shape index (κ2) is 3.14. The summed E-state index contributed by atoms with van der Waals surface area (Å²) in [5.74, 6) is 0. The van der Waals surface area contributed by atoms with Crippen molar-refractivity contribution in [3.8, 4) is 0 Å². The molecule has 0 fully saturated rings. The van der Waals surface area contributed by atoms with E-state index >= 15 is 0 Å². The third kappa shape index (κ3) is 1.53. The number of carbonyl (C=O) groups excluding carboxylic acids is 1. The third-order valence-electron chi connectivity index (χ3n) is 1.72. The average molecular weight is 192 g/mol.